The Hall–Kier alpha value is -3.14. The third kappa shape index (κ3) is 4.04. The van der Waals surface area contributed by atoms with Gasteiger partial charge in [0.25, 0.3) is 5.91 Å². The smallest absolute Gasteiger partial charge is 0.338 e. The summed E-state index contributed by atoms with van der Waals surface area (Å²) in [6.07, 6.45) is -0.889. The predicted molar refractivity (Wildman–Crippen MR) is 98.6 cm³/mol. The van der Waals surface area contributed by atoms with Crippen LogP contribution in [0.2, 0.25) is 0 Å². The van der Waals surface area contributed by atoms with E-state index in [1.165, 1.54) is 0 Å². The zero-order valence-electron chi connectivity index (χ0n) is 14.2. The van der Waals surface area contributed by atoms with Gasteiger partial charge in [-0.15, -0.1) is 0 Å². The van der Waals surface area contributed by atoms with Gasteiger partial charge in [-0.25, -0.2) is 4.79 Å². The molecule has 3 aromatic rings. The third-order valence-electron chi connectivity index (χ3n) is 3.92. The van der Waals surface area contributed by atoms with Crippen LogP contribution in [-0.4, -0.2) is 18.0 Å². The first-order valence-electron chi connectivity index (χ1n) is 8.10. The van der Waals surface area contributed by atoms with Gasteiger partial charge in [0.05, 0.1) is 5.56 Å². The number of amides is 1. The fourth-order valence-corrected chi connectivity index (χ4v) is 2.57. The summed E-state index contributed by atoms with van der Waals surface area (Å²) < 4.78 is 5.26. The van der Waals surface area contributed by atoms with Crippen molar-refractivity contribution in [2.75, 3.05) is 5.32 Å². The molecule has 0 spiro atoms. The highest BCUT2D eigenvalue weighted by atomic mass is 16.5. The van der Waals surface area contributed by atoms with E-state index in [4.69, 9.17) is 4.74 Å². The second kappa shape index (κ2) is 7.18. The molecule has 1 amide bonds. The van der Waals surface area contributed by atoms with Crippen LogP contribution in [0.15, 0.2) is 66.7 Å². The molecule has 126 valence electrons. The number of anilines is 1. The summed E-state index contributed by atoms with van der Waals surface area (Å²) >= 11 is 0. The second-order valence-electron chi connectivity index (χ2n) is 5.97. The molecule has 0 unspecified atom stereocenters. The molecule has 1 N–H and O–H groups in total. The van der Waals surface area contributed by atoms with Crippen LogP contribution in [0, 0.1) is 6.92 Å². The van der Waals surface area contributed by atoms with E-state index < -0.39 is 12.1 Å². The molecule has 0 fully saturated rings. The fraction of sp³-hybridized carbons (Fsp3) is 0.143. The number of benzene rings is 3. The number of ether oxygens (including phenoxy) is 1. The van der Waals surface area contributed by atoms with Crippen molar-refractivity contribution in [3.8, 4) is 0 Å². The highest BCUT2D eigenvalue weighted by molar-refractivity contribution is 5.98. The molecule has 3 aromatic carbocycles. The van der Waals surface area contributed by atoms with Crippen LogP contribution < -0.4 is 5.32 Å². The molecule has 0 aliphatic heterocycles. The average molecular weight is 333 g/mol. The Morgan fingerprint density at radius 3 is 2.44 bits per heavy atom. The van der Waals surface area contributed by atoms with Crippen LogP contribution >= 0.6 is 0 Å². The molecule has 0 saturated carbocycles. The number of aryl methyl sites for hydroxylation is 1. The molecule has 0 saturated heterocycles. The molecule has 0 heterocycles. The van der Waals surface area contributed by atoms with Crippen molar-refractivity contribution < 1.29 is 14.3 Å². The average Bonchev–Trinajstić information content (AvgIpc) is 2.61. The number of hydrogen-bond acceptors (Lipinski definition) is 3. The van der Waals surface area contributed by atoms with Gasteiger partial charge in [-0.05, 0) is 48.9 Å². The first-order valence-corrected chi connectivity index (χ1v) is 8.10. The number of esters is 1. The van der Waals surface area contributed by atoms with Gasteiger partial charge in [-0.2, -0.15) is 0 Å². The fourth-order valence-electron chi connectivity index (χ4n) is 2.57. The number of carbonyl (C=O) groups is 2. The van der Waals surface area contributed by atoms with Crippen molar-refractivity contribution >= 4 is 28.3 Å². The summed E-state index contributed by atoms with van der Waals surface area (Å²) in [6, 6.07) is 20.6. The van der Waals surface area contributed by atoms with E-state index in [1.807, 2.05) is 55.5 Å². The van der Waals surface area contributed by atoms with Crippen LogP contribution in [-0.2, 0) is 9.53 Å². The number of nitrogens with one attached hydrogen (secondary N) is 1. The Morgan fingerprint density at radius 1 is 0.920 bits per heavy atom. The summed E-state index contributed by atoms with van der Waals surface area (Å²) in [5, 5.41) is 4.91. The van der Waals surface area contributed by atoms with Crippen molar-refractivity contribution in [2.45, 2.75) is 20.0 Å². The molecule has 1 atom stereocenters. The van der Waals surface area contributed by atoms with Crippen LogP contribution in [0.25, 0.3) is 10.8 Å². The maximum Gasteiger partial charge on any atom is 0.338 e. The largest absolute Gasteiger partial charge is 0.449 e. The standard InChI is InChI=1S/C21H19NO3/c1-14-6-5-9-18(12-14)21(24)25-15(2)20(23)22-19-11-10-16-7-3-4-8-17(16)13-19/h3-13,15H,1-2H3,(H,22,23)/t15-/m1/s1. The summed E-state index contributed by atoms with van der Waals surface area (Å²) in [5.41, 5.74) is 2.07. The van der Waals surface area contributed by atoms with E-state index in [1.54, 1.807) is 25.1 Å². The maximum atomic E-state index is 12.3. The molecule has 25 heavy (non-hydrogen) atoms. The molecule has 0 radical (unpaired) electrons. The van der Waals surface area contributed by atoms with Crippen molar-refractivity contribution in [3.05, 3.63) is 77.9 Å². The minimum Gasteiger partial charge on any atom is -0.449 e. The van der Waals surface area contributed by atoms with Crippen molar-refractivity contribution in [2.24, 2.45) is 0 Å². The molecular formula is C21H19NO3. The van der Waals surface area contributed by atoms with E-state index in [9.17, 15) is 9.59 Å². The molecule has 4 heteroatoms. The van der Waals surface area contributed by atoms with Crippen molar-refractivity contribution in [3.63, 3.8) is 0 Å². The molecule has 0 aromatic heterocycles. The zero-order chi connectivity index (χ0) is 17.8. The van der Waals surface area contributed by atoms with Gasteiger partial charge < -0.3 is 10.1 Å². The van der Waals surface area contributed by atoms with E-state index in [0.29, 0.717) is 11.3 Å². The highest BCUT2D eigenvalue weighted by Crippen LogP contribution is 2.19. The maximum absolute atomic E-state index is 12.3. The summed E-state index contributed by atoms with van der Waals surface area (Å²) in [5.74, 6) is -0.874. The lowest BCUT2D eigenvalue weighted by Gasteiger charge is -2.14. The molecule has 3 rings (SSSR count). The Morgan fingerprint density at radius 2 is 1.68 bits per heavy atom. The Labute approximate surface area is 146 Å². The molecule has 0 bridgehead atoms. The zero-order valence-corrected chi connectivity index (χ0v) is 14.2. The number of rotatable bonds is 4. The summed E-state index contributed by atoms with van der Waals surface area (Å²) in [4.78, 5) is 24.4. The molecule has 0 aliphatic carbocycles. The van der Waals surface area contributed by atoms with Crippen LogP contribution in [0.1, 0.15) is 22.8 Å². The normalized spacial score (nSPS) is 11.8. The quantitative estimate of drug-likeness (QED) is 0.723. The first kappa shape index (κ1) is 16.7. The first-order chi connectivity index (χ1) is 12.0. The third-order valence-corrected chi connectivity index (χ3v) is 3.92. The Kier molecular flexibility index (Phi) is 4.80. The Bertz CT molecular complexity index is 933. The monoisotopic (exact) mass is 333 g/mol. The number of hydrogen-bond donors (Lipinski definition) is 1. The van der Waals surface area contributed by atoms with Gasteiger partial charge in [-0.3, -0.25) is 4.79 Å². The lowest BCUT2D eigenvalue weighted by Crippen LogP contribution is -2.30. The van der Waals surface area contributed by atoms with E-state index in [0.717, 1.165) is 16.3 Å². The number of fused-ring (bicyclic) bond motifs is 1. The van der Waals surface area contributed by atoms with Crippen molar-refractivity contribution in [1.82, 2.24) is 0 Å². The topological polar surface area (TPSA) is 55.4 Å². The molecule has 0 aliphatic rings. The van der Waals surface area contributed by atoms with Gasteiger partial charge in [-0.1, -0.05) is 48.0 Å². The van der Waals surface area contributed by atoms with E-state index in [2.05, 4.69) is 5.32 Å². The predicted octanol–water partition coefficient (Wildman–Crippen LogP) is 4.33. The van der Waals surface area contributed by atoms with E-state index in [-0.39, 0.29) is 5.91 Å². The summed E-state index contributed by atoms with van der Waals surface area (Å²) in [6.45, 7) is 3.46. The minimum atomic E-state index is -0.889. The summed E-state index contributed by atoms with van der Waals surface area (Å²) in [7, 11) is 0. The van der Waals surface area contributed by atoms with Crippen molar-refractivity contribution in [1.29, 1.82) is 0 Å². The van der Waals surface area contributed by atoms with Gasteiger partial charge >= 0.3 is 5.97 Å². The van der Waals surface area contributed by atoms with Crippen LogP contribution in [0.3, 0.4) is 0 Å². The lowest BCUT2D eigenvalue weighted by atomic mass is 10.1. The lowest BCUT2D eigenvalue weighted by molar-refractivity contribution is -0.123. The molecular weight excluding hydrogens is 314 g/mol. The minimum absolute atomic E-state index is 0.365. The van der Waals surface area contributed by atoms with Gasteiger partial charge in [0, 0.05) is 5.69 Å². The van der Waals surface area contributed by atoms with Gasteiger partial charge in [0.2, 0.25) is 0 Å². The van der Waals surface area contributed by atoms with E-state index >= 15 is 0 Å². The highest BCUT2D eigenvalue weighted by Gasteiger charge is 2.19. The Balaban J connectivity index is 1.66. The number of carbonyl (C=O) groups excluding carboxylic acids is 2. The second-order valence-corrected chi connectivity index (χ2v) is 5.97. The molecule has 4 nitrogen and oxygen atoms in total. The van der Waals surface area contributed by atoms with Gasteiger partial charge in [0.15, 0.2) is 6.10 Å². The van der Waals surface area contributed by atoms with Gasteiger partial charge in [0.1, 0.15) is 0 Å². The van der Waals surface area contributed by atoms with Crippen LogP contribution in [0.4, 0.5) is 5.69 Å². The van der Waals surface area contributed by atoms with Crippen LogP contribution in [0.5, 0.6) is 0 Å². The SMILES string of the molecule is Cc1cccc(C(=O)O[C@H](C)C(=O)Nc2ccc3ccccc3c2)c1.